The standard InChI is InChI=1S/C10H16N2O2/c1-12(2)10(13)6-8(7-11)9-4-3-5-14-9/h3-5,8H,6-7,11H2,1-2H3. The molecule has 1 aromatic rings. The molecule has 0 bridgehead atoms. The quantitative estimate of drug-likeness (QED) is 0.774. The van der Waals surface area contributed by atoms with Crippen LogP contribution in [0.15, 0.2) is 22.8 Å². The molecule has 1 atom stereocenters. The van der Waals surface area contributed by atoms with Gasteiger partial charge in [-0.1, -0.05) is 0 Å². The molecule has 4 nitrogen and oxygen atoms in total. The Balaban J connectivity index is 2.61. The molecular formula is C10H16N2O2. The van der Waals surface area contributed by atoms with Crippen molar-refractivity contribution in [3.8, 4) is 0 Å². The van der Waals surface area contributed by atoms with Crippen molar-refractivity contribution in [2.45, 2.75) is 12.3 Å². The van der Waals surface area contributed by atoms with E-state index in [1.807, 2.05) is 6.07 Å². The monoisotopic (exact) mass is 196 g/mol. The highest BCUT2D eigenvalue weighted by molar-refractivity contribution is 5.76. The third kappa shape index (κ3) is 2.60. The Morgan fingerprint density at radius 3 is 2.79 bits per heavy atom. The van der Waals surface area contributed by atoms with Crippen LogP contribution in [-0.4, -0.2) is 31.4 Å². The van der Waals surface area contributed by atoms with E-state index in [0.717, 1.165) is 5.76 Å². The predicted molar refractivity (Wildman–Crippen MR) is 53.8 cm³/mol. The van der Waals surface area contributed by atoms with Gasteiger partial charge < -0.3 is 15.1 Å². The van der Waals surface area contributed by atoms with Crippen LogP contribution in [0, 0.1) is 0 Å². The van der Waals surface area contributed by atoms with Gasteiger partial charge in [0, 0.05) is 33.0 Å². The number of nitrogens with zero attached hydrogens (tertiary/aromatic N) is 1. The first-order valence-corrected chi connectivity index (χ1v) is 4.58. The van der Waals surface area contributed by atoms with E-state index in [-0.39, 0.29) is 11.8 Å². The zero-order valence-electron chi connectivity index (χ0n) is 8.56. The summed E-state index contributed by atoms with van der Waals surface area (Å²) in [5, 5.41) is 0. The molecule has 1 heterocycles. The normalized spacial score (nSPS) is 12.5. The van der Waals surface area contributed by atoms with Crippen LogP contribution in [0.5, 0.6) is 0 Å². The van der Waals surface area contributed by atoms with E-state index in [1.165, 1.54) is 0 Å². The summed E-state index contributed by atoms with van der Waals surface area (Å²) >= 11 is 0. The van der Waals surface area contributed by atoms with Crippen LogP contribution in [0.3, 0.4) is 0 Å². The first-order chi connectivity index (χ1) is 6.65. The van der Waals surface area contributed by atoms with Crippen molar-refractivity contribution < 1.29 is 9.21 Å². The number of carbonyl (C=O) groups is 1. The van der Waals surface area contributed by atoms with E-state index >= 15 is 0 Å². The summed E-state index contributed by atoms with van der Waals surface area (Å²) in [5.41, 5.74) is 5.58. The third-order valence-corrected chi connectivity index (χ3v) is 2.15. The van der Waals surface area contributed by atoms with Crippen molar-refractivity contribution in [2.24, 2.45) is 5.73 Å². The minimum Gasteiger partial charge on any atom is -0.469 e. The topological polar surface area (TPSA) is 59.5 Å². The van der Waals surface area contributed by atoms with Gasteiger partial charge in [-0.15, -0.1) is 0 Å². The molecule has 14 heavy (non-hydrogen) atoms. The van der Waals surface area contributed by atoms with Crippen LogP contribution in [0.1, 0.15) is 18.1 Å². The summed E-state index contributed by atoms with van der Waals surface area (Å²) in [7, 11) is 3.47. The number of furan rings is 1. The van der Waals surface area contributed by atoms with Gasteiger partial charge in [0.2, 0.25) is 5.91 Å². The Labute approximate surface area is 83.7 Å². The van der Waals surface area contributed by atoms with Crippen molar-refractivity contribution in [1.82, 2.24) is 4.90 Å². The first kappa shape index (κ1) is 10.8. The summed E-state index contributed by atoms with van der Waals surface area (Å²) in [5.74, 6) is 0.833. The number of hydrogen-bond acceptors (Lipinski definition) is 3. The van der Waals surface area contributed by atoms with Gasteiger partial charge in [-0.3, -0.25) is 4.79 Å². The first-order valence-electron chi connectivity index (χ1n) is 4.58. The van der Waals surface area contributed by atoms with E-state index in [9.17, 15) is 4.79 Å². The molecule has 1 aromatic heterocycles. The Morgan fingerprint density at radius 1 is 1.64 bits per heavy atom. The van der Waals surface area contributed by atoms with Crippen LogP contribution < -0.4 is 5.73 Å². The molecule has 0 saturated carbocycles. The van der Waals surface area contributed by atoms with Gasteiger partial charge in [0.05, 0.1) is 6.26 Å². The largest absolute Gasteiger partial charge is 0.469 e. The summed E-state index contributed by atoms with van der Waals surface area (Å²) in [4.78, 5) is 13.0. The van der Waals surface area contributed by atoms with Crippen molar-refractivity contribution in [2.75, 3.05) is 20.6 Å². The molecular weight excluding hydrogens is 180 g/mol. The lowest BCUT2D eigenvalue weighted by Crippen LogP contribution is -2.26. The van der Waals surface area contributed by atoms with Crippen LogP contribution in [0.2, 0.25) is 0 Å². The second-order valence-corrected chi connectivity index (χ2v) is 3.44. The minimum absolute atomic E-state index is 0.0140. The van der Waals surface area contributed by atoms with E-state index in [2.05, 4.69) is 0 Å². The number of carbonyl (C=O) groups excluding carboxylic acids is 1. The van der Waals surface area contributed by atoms with Crippen LogP contribution in [0.25, 0.3) is 0 Å². The fraction of sp³-hybridized carbons (Fsp3) is 0.500. The van der Waals surface area contributed by atoms with Crippen molar-refractivity contribution >= 4 is 5.91 Å². The molecule has 0 saturated heterocycles. The lowest BCUT2D eigenvalue weighted by Gasteiger charge is -2.15. The van der Waals surface area contributed by atoms with E-state index in [0.29, 0.717) is 13.0 Å². The fourth-order valence-corrected chi connectivity index (χ4v) is 1.22. The second kappa shape index (κ2) is 4.81. The Morgan fingerprint density at radius 2 is 2.36 bits per heavy atom. The van der Waals surface area contributed by atoms with Crippen molar-refractivity contribution in [3.05, 3.63) is 24.2 Å². The highest BCUT2D eigenvalue weighted by Gasteiger charge is 2.17. The zero-order chi connectivity index (χ0) is 10.6. The van der Waals surface area contributed by atoms with Crippen molar-refractivity contribution in [1.29, 1.82) is 0 Å². The minimum atomic E-state index is -0.0140. The maximum absolute atomic E-state index is 11.4. The molecule has 78 valence electrons. The Bertz CT molecular complexity index is 280. The number of amides is 1. The zero-order valence-corrected chi connectivity index (χ0v) is 8.56. The number of rotatable bonds is 4. The molecule has 2 N–H and O–H groups in total. The SMILES string of the molecule is CN(C)C(=O)CC(CN)c1ccco1. The predicted octanol–water partition coefficient (Wildman–Crippen LogP) is 0.800. The Hall–Kier alpha value is -1.29. The maximum atomic E-state index is 11.4. The molecule has 0 radical (unpaired) electrons. The van der Waals surface area contributed by atoms with Crippen molar-refractivity contribution in [3.63, 3.8) is 0 Å². The van der Waals surface area contributed by atoms with Crippen LogP contribution in [0.4, 0.5) is 0 Å². The fourth-order valence-electron chi connectivity index (χ4n) is 1.22. The molecule has 0 aliphatic heterocycles. The van der Waals surface area contributed by atoms with Gasteiger partial charge >= 0.3 is 0 Å². The average Bonchev–Trinajstić information content (AvgIpc) is 2.66. The lowest BCUT2D eigenvalue weighted by molar-refractivity contribution is -0.129. The van der Waals surface area contributed by atoms with E-state index in [1.54, 1.807) is 31.3 Å². The van der Waals surface area contributed by atoms with Gasteiger partial charge in [-0.05, 0) is 12.1 Å². The Kier molecular flexibility index (Phi) is 3.71. The molecule has 1 amide bonds. The maximum Gasteiger partial charge on any atom is 0.222 e. The van der Waals surface area contributed by atoms with E-state index in [4.69, 9.17) is 10.2 Å². The van der Waals surface area contributed by atoms with Gasteiger partial charge in [-0.25, -0.2) is 0 Å². The molecule has 0 fully saturated rings. The van der Waals surface area contributed by atoms with Gasteiger partial charge in [0.15, 0.2) is 0 Å². The summed E-state index contributed by atoms with van der Waals surface area (Å²) < 4.78 is 5.22. The van der Waals surface area contributed by atoms with Gasteiger partial charge in [-0.2, -0.15) is 0 Å². The molecule has 0 spiro atoms. The molecule has 0 aliphatic rings. The van der Waals surface area contributed by atoms with Gasteiger partial charge in [0.1, 0.15) is 5.76 Å². The number of nitrogens with two attached hydrogens (primary N) is 1. The number of hydrogen-bond donors (Lipinski definition) is 1. The highest BCUT2D eigenvalue weighted by atomic mass is 16.3. The summed E-state index contributed by atoms with van der Waals surface area (Å²) in [6.45, 7) is 0.424. The van der Waals surface area contributed by atoms with Gasteiger partial charge in [0.25, 0.3) is 0 Å². The molecule has 4 heteroatoms. The second-order valence-electron chi connectivity index (χ2n) is 3.44. The third-order valence-electron chi connectivity index (χ3n) is 2.15. The average molecular weight is 196 g/mol. The molecule has 0 aromatic carbocycles. The smallest absolute Gasteiger partial charge is 0.222 e. The molecule has 1 unspecified atom stereocenters. The van der Waals surface area contributed by atoms with Crippen LogP contribution in [-0.2, 0) is 4.79 Å². The highest BCUT2D eigenvalue weighted by Crippen LogP contribution is 2.19. The summed E-state index contributed by atoms with van der Waals surface area (Å²) in [6, 6.07) is 3.65. The lowest BCUT2D eigenvalue weighted by atomic mass is 10.0. The summed E-state index contributed by atoms with van der Waals surface area (Å²) in [6.07, 6.45) is 2.00. The molecule has 1 rings (SSSR count). The molecule has 0 aliphatic carbocycles. The van der Waals surface area contributed by atoms with E-state index < -0.39 is 0 Å². The van der Waals surface area contributed by atoms with Crippen LogP contribution >= 0.6 is 0 Å².